The fraction of sp³-hybridized carbons (Fsp3) is 0.316. The number of aryl methyl sites for hydroxylation is 2. The Morgan fingerprint density at radius 3 is 2.58 bits per heavy atom. The fourth-order valence-corrected chi connectivity index (χ4v) is 2.53. The third kappa shape index (κ3) is 4.30. The van der Waals surface area contributed by atoms with Crippen molar-refractivity contribution in [3.8, 4) is 11.5 Å². The van der Waals surface area contributed by atoms with E-state index in [-0.39, 0.29) is 0 Å². The summed E-state index contributed by atoms with van der Waals surface area (Å²) in [5.41, 5.74) is 3.31. The standard InChI is InChI=1S/C19H23N5O2/c1-4-25-17-7-5-6-16(12-20-19-21-22-23-24(19)3)18(17)26-13-15-10-8-14(2)9-11-15/h5-11H,4,12-13H2,1-3H3,(H,20,21,23). The van der Waals surface area contributed by atoms with Crippen LogP contribution in [0.3, 0.4) is 0 Å². The first-order chi connectivity index (χ1) is 12.7. The molecule has 0 saturated heterocycles. The van der Waals surface area contributed by atoms with Crippen LogP contribution in [0.25, 0.3) is 0 Å². The van der Waals surface area contributed by atoms with Gasteiger partial charge in [-0.1, -0.05) is 47.1 Å². The van der Waals surface area contributed by atoms with E-state index in [2.05, 4.69) is 52.0 Å². The number of nitrogens with one attached hydrogen (secondary N) is 1. The van der Waals surface area contributed by atoms with Gasteiger partial charge in [-0.15, -0.1) is 0 Å². The number of tetrazole rings is 1. The van der Waals surface area contributed by atoms with E-state index < -0.39 is 0 Å². The van der Waals surface area contributed by atoms with Gasteiger partial charge in [0, 0.05) is 19.2 Å². The molecule has 0 saturated carbocycles. The molecule has 3 rings (SSSR count). The molecule has 0 unspecified atom stereocenters. The highest BCUT2D eigenvalue weighted by Gasteiger charge is 2.12. The van der Waals surface area contributed by atoms with E-state index in [1.54, 1.807) is 11.7 Å². The number of ether oxygens (including phenoxy) is 2. The van der Waals surface area contributed by atoms with Gasteiger partial charge in [-0.25, -0.2) is 4.68 Å². The second-order valence-corrected chi connectivity index (χ2v) is 5.93. The minimum absolute atomic E-state index is 0.475. The topological polar surface area (TPSA) is 74.1 Å². The maximum Gasteiger partial charge on any atom is 0.242 e. The van der Waals surface area contributed by atoms with Gasteiger partial charge in [0.1, 0.15) is 6.61 Å². The number of rotatable bonds is 8. The van der Waals surface area contributed by atoms with Crippen molar-refractivity contribution in [1.29, 1.82) is 0 Å². The van der Waals surface area contributed by atoms with Crippen LogP contribution in [0.5, 0.6) is 11.5 Å². The van der Waals surface area contributed by atoms with Crippen molar-refractivity contribution in [1.82, 2.24) is 20.2 Å². The van der Waals surface area contributed by atoms with E-state index in [1.807, 2.05) is 25.1 Å². The van der Waals surface area contributed by atoms with E-state index in [4.69, 9.17) is 9.47 Å². The molecule has 1 aromatic heterocycles. The van der Waals surface area contributed by atoms with Gasteiger partial charge in [-0.2, -0.15) is 0 Å². The molecule has 0 atom stereocenters. The number of benzene rings is 2. The molecule has 0 amide bonds. The molecule has 7 nitrogen and oxygen atoms in total. The van der Waals surface area contributed by atoms with Crippen molar-refractivity contribution >= 4 is 5.95 Å². The smallest absolute Gasteiger partial charge is 0.242 e. The largest absolute Gasteiger partial charge is 0.490 e. The Bertz CT molecular complexity index is 845. The zero-order valence-corrected chi connectivity index (χ0v) is 15.3. The first-order valence-electron chi connectivity index (χ1n) is 8.56. The number of nitrogens with zero attached hydrogens (tertiary/aromatic N) is 4. The molecule has 0 fully saturated rings. The first kappa shape index (κ1) is 17.7. The molecule has 1 heterocycles. The highest BCUT2D eigenvalue weighted by atomic mass is 16.5. The van der Waals surface area contributed by atoms with E-state index in [1.165, 1.54) is 5.56 Å². The summed E-state index contributed by atoms with van der Waals surface area (Å²) in [5, 5.41) is 14.6. The monoisotopic (exact) mass is 353 g/mol. The van der Waals surface area contributed by atoms with Gasteiger partial charge in [0.25, 0.3) is 0 Å². The molecule has 0 bridgehead atoms. The van der Waals surface area contributed by atoms with E-state index in [0.717, 1.165) is 22.6 Å². The van der Waals surface area contributed by atoms with Crippen molar-refractivity contribution in [3.05, 3.63) is 59.2 Å². The van der Waals surface area contributed by atoms with Crippen LogP contribution in [0.15, 0.2) is 42.5 Å². The second-order valence-electron chi connectivity index (χ2n) is 5.93. The Morgan fingerprint density at radius 1 is 1.08 bits per heavy atom. The second kappa shape index (κ2) is 8.33. The fourth-order valence-electron chi connectivity index (χ4n) is 2.53. The molecule has 136 valence electrons. The van der Waals surface area contributed by atoms with E-state index in [0.29, 0.717) is 25.7 Å². The molecule has 0 aliphatic heterocycles. The van der Waals surface area contributed by atoms with Crippen LogP contribution in [0, 0.1) is 6.92 Å². The zero-order valence-electron chi connectivity index (χ0n) is 15.3. The van der Waals surface area contributed by atoms with E-state index in [9.17, 15) is 0 Å². The van der Waals surface area contributed by atoms with Crippen molar-refractivity contribution in [2.24, 2.45) is 7.05 Å². The predicted molar refractivity (Wildman–Crippen MR) is 99.2 cm³/mol. The Balaban J connectivity index is 1.78. The molecule has 7 heteroatoms. The number of aromatic nitrogens is 4. The normalized spacial score (nSPS) is 10.6. The molecule has 0 spiro atoms. The predicted octanol–water partition coefficient (Wildman–Crippen LogP) is 3.11. The lowest BCUT2D eigenvalue weighted by Gasteiger charge is -2.16. The lowest BCUT2D eigenvalue weighted by molar-refractivity contribution is 0.267. The highest BCUT2D eigenvalue weighted by molar-refractivity contribution is 5.48. The summed E-state index contributed by atoms with van der Waals surface area (Å²) >= 11 is 0. The number of hydrogen-bond donors (Lipinski definition) is 1. The van der Waals surface area contributed by atoms with Gasteiger partial charge in [0.2, 0.25) is 5.95 Å². The van der Waals surface area contributed by atoms with Crippen LogP contribution >= 0.6 is 0 Å². The minimum Gasteiger partial charge on any atom is -0.490 e. The molecule has 2 aromatic carbocycles. The SMILES string of the molecule is CCOc1cccc(CNc2nnnn2C)c1OCc1ccc(C)cc1. The highest BCUT2D eigenvalue weighted by Crippen LogP contribution is 2.32. The first-order valence-corrected chi connectivity index (χ1v) is 8.56. The van der Waals surface area contributed by atoms with Crippen LogP contribution in [0.1, 0.15) is 23.6 Å². The number of hydrogen-bond acceptors (Lipinski definition) is 6. The third-order valence-corrected chi connectivity index (χ3v) is 3.92. The van der Waals surface area contributed by atoms with Gasteiger partial charge >= 0.3 is 0 Å². The van der Waals surface area contributed by atoms with Gasteiger partial charge in [0.05, 0.1) is 6.61 Å². The van der Waals surface area contributed by atoms with Crippen LogP contribution in [-0.4, -0.2) is 26.8 Å². The Kier molecular flexibility index (Phi) is 5.68. The Labute approximate surface area is 152 Å². The quantitative estimate of drug-likeness (QED) is 0.671. The molecular formula is C19H23N5O2. The van der Waals surface area contributed by atoms with Gasteiger partial charge in [-0.05, 0) is 35.9 Å². The molecule has 26 heavy (non-hydrogen) atoms. The average molecular weight is 353 g/mol. The molecule has 0 aliphatic rings. The third-order valence-electron chi connectivity index (χ3n) is 3.92. The average Bonchev–Trinajstić information content (AvgIpc) is 3.05. The van der Waals surface area contributed by atoms with Crippen molar-refractivity contribution in [3.63, 3.8) is 0 Å². The summed E-state index contributed by atoms with van der Waals surface area (Å²) in [6, 6.07) is 14.2. The summed E-state index contributed by atoms with van der Waals surface area (Å²) in [4.78, 5) is 0. The van der Waals surface area contributed by atoms with Crippen LogP contribution in [-0.2, 0) is 20.2 Å². The molecule has 0 aliphatic carbocycles. The van der Waals surface area contributed by atoms with Gasteiger partial charge in [-0.3, -0.25) is 0 Å². The maximum absolute atomic E-state index is 6.12. The van der Waals surface area contributed by atoms with Crippen molar-refractivity contribution in [2.75, 3.05) is 11.9 Å². The van der Waals surface area contributed by atoms with Gasteiger partial charge in [0.15, 0.2) is 11.5 Å². The molecule has 1 N–H and O–H groups in total. The van der Waals surface area contributed by atoms with Crippen LogP contribution < -0.4 is 14.8 Å². The Morgan fingerprint density at radius 2 is 1.88 bits per heavy atom. The van der Waals surface area contributed by atoms with Crippen LogP contribution in [0.2, 0.25) is 0 Å². The number of anilines is 1. The summed E-state index contributed by atoms with van der Waals surface area (Å²) in [5.74, 6) is 2.06. The van der Waals surface area contributed by atoms with E-state index >= 15 is 0 Å². The lowest BCUT2D eigenvalue weighted by atomic mass is 10.1. The molecule has 0 radical (unpaired) electrons. The maximum atomic E-state index is 6.12. The van der Waals surface area contributed by atoms with Crippen LogP contribution in [0.4, 0.5) is 5.95 Å². The minimum atomic E-state index is 0.475. The Hall–Kier alpha value is -3.09. The van der Waals surface area contributed by atoms with Gasteiger partial charge < -0.3 is 14.8 Å². The summed E-state index contributed by atoms with van der Waals surface area (Å²) in [6.45, 7) is 5.60. The summed E-state index contributed by atoms with van der Waals surface area (Å²) in [7, 11) is 1.79. The zero-order chi connectivity index (χ0) is 18.4. The van der Waals surface area contributed by atoms with Crippen molar-refractivity contribution < 1.29 is 9.47 Å². The molecular weight excluding hydrogens is 330 g/mol. The summed E-state index contributed by atoms with van der Waals surface area (Å²) in [6.07, 6.45) is 0. The lowest BCUT2D eigenvalue weighted by Crippen LogP contribution is -2.08. The number of para-hydroxylation sites is 1. The molecule has 3 aromatic rings. The van der Waals surface area contributed by atoms with Crippen molar-refractivity contribution in [2.45, 2.75) is 27.0 Å². The summed E-state index contributed by atoms with van der Waals surface area (Å²) < 4.78 is 13.5.